The number of hydrogen-bond donors (Lipinski definition) is 1. The lowest BCUT2D eigenvalue weighted by Gasteiger charge is -2.22. The molecular weight excluding hydrogens is 250 g/mol. The van der Waals surface area contributed by atoms with Crippen LogP contribution < -0.4 is 4.74 Å². The molecule has 0 unspecified atom stereocenters. The molecule has 0 aromatic heterocycles. The smallest absolute Gasteiger partial charge is 0.127 e. The van der Waals surface area contributed by atoms with E-state index in [0.29, 0.717) is 6.61 Å². The summed E-state index contributed by atoms with van der Waals surface area (Å²) in [6.45, 7) is 3.21. The van der Waals surface area contributed by atoms with Gasteiger partial charge in [0.1, 0.15) is 12.4 Å². The minimum absolute atomic E-state index is 0.170. The molecule has 2 aliphatic rings. The number of nitrogens with zero attached hydrogens (tertiary/aromatic N) is 1. The van der Waals surface area contributed by atoms with E-state index in [1.54, 1.807) is 0 Å². The van der Waals surface area contributed by atoms with Crippen LogP contribution in [0.3, 0.4) is 0 Å². The van der Waals surface area contributed by atoms with Crippen LogP contribution in [0.2, 0.25) is 5.02 Å². The van der Waals surface area contributed by atoms with E-state index in [9.17, 15) is 5.11 Å². The summed E-state index contributed by atoms with van der Waals surface area (Å²) < 4.78 is 5.71. The first-order valence-electron chi connectivity index (χ1n) is 6.23. The predicted molar refractivity (Wildman–Crippen MR) is 72.0 cm³/mol. The molecular formula is C14H16ClNO2. The standard InChI is InChI=1S/C14H16ClNO2/c15-12-1-2-14-11(6-12)5-10(9-18-14)7-16-4-3-13(17)8-16/h1-2,5-6,13,17H,3-4,7-9H2/t13-/m1/s1. The number of halogens is 1. The van der Waals surface area contributed by atoms with Crippen LogP contribution in [-0.2, 0) is 0 Å². The van der Waals surface area contributed by atoms with Gasteiger partial charge in [0.2, 0.25) is 0 Å². The average Bonchev–Trinajstić information content (AvgIpc) is 2.74. The maximum Gasteiger partial charge on any atom is 0.127 e. The third-order valence-corrected chi connectivity index (χ3v) is 3.65. The van der Waals surface area contributed by atoms with Crippen molar-refractivity contribution in [2.24, 2.45) is 0 Å². The van der Waals surface area contributed by atoms with Crippen LogP contribution in [-0.4, -0.2) is 42.4 Å². The van der Waals surface area contributed by atoms with Gasteiger partial charge < -0.3 is 9.84 Å². The van der Waals surface area contributed by atoms with Crippen molar-refractivity contribution in [3.63, 3.8) is 0 Å². The molecule has 0 amide bonds. The summed E-state index contributed by atoms with van der Waals surface area (Å²) >= 11 is 5.99. The largest absolute Gasteiger partial charge is 0.489 e. The number of likely N-dealkylation sites (tertiary alicyclic amines) is 1. The second-order valence-corrected chi connectivity index (χ2v) is 5.39. The Morgan fingerprint density at radius 2 is 2.33 bits per heavy atom. The van der Waals surface area contributed by atoms with Crippen LogP contribution in [0, 0.1) is 0 Å². The lowest BCUT2D eigenvalue weighted by molar-refractivity contribution is 0.178. The molecule has 4 heteroatoms. The zero-order chi connectivity index (χ0) is 12.5. The van der Waals surface area contributed by atoms with Gasteiger partial charge in [0.05, 0.1) is 6.10 Å². The van der Waals surface area contributed by atoms with E-state index < -0.39 is 0 Å². The summed E-state index contributed by atoms with van der Waals surface area (Å²) in [6, 6.07) is 5.68. The van der Waals surface area contributed by atoms with Crippen molar-refractivity contribution >= 4 is 17.7 Å². The number of hydrogen-bond acceptors (Lipinski definition) is 3. The molecule has 0 bridgehead atoms. The highest BCUT2D eigenvalue weighted by Crippen LogP contribution is 2.29. The third-order valence-electron chi connectivity index (χ3n) is 3.42. The van der Waals surface area contributed by atoms with E-state index in [2.05, 4.69) is 11.0 Å². The number of fused-ring (bicyclic) bond motifs is 1. The van der Waals surface area contributed by atoms with Crippen LogP contribution in [0.4, 0.5) is 0 Å². The summed E-state index contributed by atoms with van der Waals surface area (Å²) in [6.07, 6.45) is 2.85. The van der Waals surface area contributed by atoms with Crippen LogP contribution in [0.1, 0.15) is 12.0 Å². The van der Waals surface area contributed by atoms with Gasteiger partial charge in [0.25, 0.3) is 0 Å². The number of aliphatic hydroxyl groups is 1. The molecule has 96 valence electrons. The molecule has 1 fully saturated rings. The minimum Gasteiger partial charge on any atom is -0.489 e. The number of ether oxygens (including phenoxy) is 1. The first kappa shape index (κ1) is 12.0. The molecule has 0 radical (unpaired) electrons. The fourth-order valence-corrected chi connectivity index (χ4v) is 2.71. The summed E-state index contributed by atoms with van der Waals surface area (Å²) in [4.78, 5) is 2.26. The number of aliphatic hydroxyl groups excluding tert-OH is 1. The van der Waals surface area contributed by atoms with Crippen molar-refractivity contribution in [2.45, 2.75) is 12.5 Å². The molecule has 0 aliphatic carbocycles. The maximum absolute atomic E-state index is 9.51. The van der Waals surface area contributed by atoms with Gasteiger partial charge in [-0.3, -0.25) is 4.90 Å². The summed E-state index contributed by atoms with van der Waals surface area (Å²) in [5.74, 6) is 0.893. The second-order valence-electron chi connectivity index (χ2n) is 4.95. The molecule has 1 N–H and O–H groups in total. The zero-order valence-corrected chi connectivity index (χ0v) is 10.9. The van der Waals surface area contributed by atoms with Crippen molar-refractivity contribution in [1.82, 2.24) is 4.90 Å². The SMILES string of the molecule is O[C@@H]1CCN(CC2=Cc3cc(Cl)ccc3OC2)C1. The van der Waals surface area contributed by atoms with Crippen molar-refractivity contribution in [2.75, 3.05) is 26.2 Å². The van der Waals surface area contributed by atoms with Gasteiger partial charge in [0.15, 0.2) is 0 Å². The van der Waals surface area contributed by atoms with E-state index in [0.717, 1.165) is 42.4 Å². The van der Waals surface area contributed by atoms with E-state index in [1.807, 2.05) is 18.2 Å². The van der Waals surface area contributed by atoms with E-state index in [-0.39, 0.29) is 6.10 Å². The molecule has 1 aromatic rings. The Labute approximate surface area is 112 Å². The first-order chi connectivity index (χ1) is 8.70. The first-order valence-corrected chi connectivity index (χ1v) is 6.61. The van der Waals surface area contributed by atoms with Crippen molar-refractivity contribution in [1.29, 1.82) is 0 Å². The number of rotatable bonds is 2. The molecule has 0 saturated carbocycles. The van der Waals surface area contributed by atoms with E-state index in [4.69, 9.17) is 16.3 Å². The highest BCUT2D eigenvalue weighted by molar-refractivity contribution is 6.30. The molecule has 18 heavy (non-hydrogen) atoms. The highest BCUT2D eigenvalue weighted by atomic mass is 35.5. The van der Waals surface area contributed by atoms with E-state index in [1.165, 1.54) is 5.57 Å². The molecule has 1 saturated heterocycles. The Hall–Kier alpha value is -1.03. The maximum atomic E-state index is 9.51. The summed E-state index contributed by atoms with van der Waals surface area (Å²) in [7, 11) is 0. The van der Waals surface area contributed by atoms with Gasteiger partial charge in [-0.2, -0.15) is 0 Å². The van der Waals surface area contributed by atoms with Gasteiger partial charge in [-0.05, 0) is 36.3 Å². The number of β-amino-alcohol motifs (C(OH)–C–C–N with tert-alkyl or cyclic N) is 1. The zero-order valence-electron chi connectivity index (χ0n) is 10.1. The molecule has 2 aliphatic heterocycles. The molecule has 1 aromatic carbocycles. The number of benzene rings is 1. The highest BCUT2D eigenvalue weighted by Gasteiger charge is 2.22. The lowest BCUT2D eigenvalue weighted by Crippen LogP contribution is -2.27. The molecule has 2 heterocycles. The molecule has 3 rings (SSSR count). The normalized spacial score (nSPS) is 23.4. The van der Waals surface area contributed by atoms with Crippen molar-refractivity contribution < 1.29 is 9.84 Å². The minimum atomic E-state index is -0.170. The summed E-state index contributed by atoms with van der Waals surface area (Å²) in [5.41, 5.74) is 2.28. The van der Waals surface area contributed by atoms with E-state index >= 15 is 0 Å². The predicted octanol–water partition coefficient (Wildman–Crippen LogP) is 2.18. The van der Waals surface area contributed by atoms with Gasteiger partial charge in [-0.15, -0.1) is 0 Å². The topological polar surface area (TPSA) is 32.7 Å². The summed E-state index contributed by atoms with van der Waals surface area (Å²) in [5, 5.41) is 10.2. The third kappa shape index (κ3) is 2.53. The van der Waals surface area contributed by atoms with Crippen molar-refractivity contribution in [3.05, 3.63) is 34.4 Å². The Morgan fingerprint density at radius 3 is 3.11 bits per heavy atom. The molecule has 1 atom stereocenters. The second kappa shape index (κ2) is 4.92. The lowest BCUT2D eigenvalue weighted by atomic mass is 10.1. The van der Waals surface area contributed by atoms with Crippen LogP contribution in [0.25, 0.3) is 6.08 Å². The average molecular weight is 266 g/mol. The fraction of sp³-hybridized carbons (Fsp3) is 0.429. The Balaban J connectivity index is 1.74. The van der Waals surface area contributed by atoms with Crippen LogP contribution >= 0.6 is 11.6 Å². The van der Waals surface area contributed by atoms with Crippen LogP contribution in [0.15, 0.2) is 23.8 Å². The monoisotopic (exact) mass is 265 g/mol. The van der Waals surface area contributed by atoms with Gasteiger partial charge >= 0.3 is 0 Å². The quantitative estimate of drug-likeness (QED) is 0.890. The fourth-order valence-electron chi connectivity index (χ4n) is 2.53. The Morgan fingerprint density at radius 1 is 1.44 bits per heavy atom. The van der Waals surface area contributed by atoms with Crippen molar-refractivity contribution in [3.8, 4) is 5.75 Å². The Kier molecular flexibility index (Phi) is 3.29. The Bertz CT molecular complexity index is 487. The van der Waals surface area contributed by atoms with Gasteiger partial charge in [0, 0.05) is 30.2 Å². The van der Waals surface area contributed by atoms with Crippen LogP contribution in [0.5, 0.6) is 5.75 Å². The van der Waals surface area contributed by atoms with Gasteiger partial charge in [-0.25, -0.2) is 0 Å². The molecule has 0 spiro atoms. The van der Waals surface area contributed by atoms with Gasteiger partial charge in [-0.1, -0.05) is 11.6 Å². The molecule has 3 nitrogen and oxygen atoms in total.